The molecule has 0 bridgehead atoms. The molecular weight excluding hydrogens is 683 g/mol. The minimum atomic E-state index is -4.57. The van der Waals surface area contributed by atoms with E-state index in [4.69, 9.17) is 21.7 Å². The van der Waals surface area contributed by atoms with Crippen LogP contribution in [0.1, 0.15) is 36.6 Å². The van der Waals surface area contributed by atoms with E-state index in [9.17, 15) is 18.0 Å². The summed E-state index contributed by atoms with van der Waals surface area (Å²) in [6, 6.07) is 8.19. The van der Waals surface area contributed by atoms with Crippen molar-refractivity contribution < 1.29 is 23.1 Å². The molecule has 244 valence electrons. The van der Waals surface area contributed by atoms with Gasteiger partial charge in [0.25, 0.3) is 0 Å². The van der Waals surface area contributed by atoms with Gasteiger partial charge in [0.05, 0.1) is 22.7 Å². The smallest absolute Gasteiger partial charge is 0.417 e. The van der Waals surface area contributed by atoms with Crippen LogP contribution in [0.15, 0.2) is 36.5 Å². The van der Waals surface area contributed by atoms with Crippen LogP contribution in [-0.4, -0.2) is 76.2 Å². The zero-order chi connectivity index (χ0) is 29.1. The molecule has 2 saturated heterocycles. The second kappa shape index (κ2) is 16.5. The van der Waals surface area contributed by atoms with Gasteiger partial charge in [0.2, 0.25) is 0 Å². The van der Waals surface area contributed by atoms with Crippen molar-refractivity contribution in [1.82, 2.24) is 19.8 Å². The van der Waals surface area contributed by atoms with Crippen molar-refractivity contribution in [2.75, 3.05) is 49.5 Å². The Bertz CT molecular complexity index is 1390. The van der Waals surface area contributed by atoms with E-state index in [2.05, 4.69) is 31.9 Å². The van der Waals surface area contributed by atoms with Gasteiger partial charge >= 0.3 is 12.1 Å². The summed E-state index contributed by atoms with van der Waals surface area (Å²) in [5, 5.41) is 12.4. The summed E-state index contributed by atoms with van der Waals surface area (Å²) in [7, 11) is 0. The molecule has 44 heavy (non-hydrogen) atoms. The molecule has 16 heteroatoms. The number of carboxylic acids is 1. The van der Waals surface area contributed by atoms with E-state index in [1.807, 2.05) is 12.1 Å². The number of carboxylic acid groups (broad SMARTS) is 1. The molecule has 0 radical (unpaired) electrons. The molecule has 0 aliphatic carbocycles. The molecule has 8 nitrogen and oxygen atoms in total. The average molecular weight is 719 g/mol. The van der Waals surface area contributed by atoms with Crippen LogP contribution in [0.3, 0.4) is 0 Å². The molecule has 2 N–H and O–H groups in total. The molecular formula is C28H35Cl4F3N6O2S. The second-order valence-electron chi connectivity index (χ2n) is 10.4. The number of thiazole rings is 1. The van der Waals surface area contributed by atoms with E-state index in [1.54, 1.807) is 12.3 Å². The van der Waals surface area contributed by atoms with Crippen molar-refractivity contribution in [3.8, 4) is 11.3 Å². The summed E-state index contributed by atoms with van der Waals surface area (Å²) in [6.07, 6.45) is -0.553. The summed E-state index contributed by atoms with van der Waals surface area (Å²) in [5.74, 6) is -0.207. The van der Waals surface area contributed by atoms with E-state index in [0.717, 1.165) is 62.2 Å². The minimum Gasteiger partial charge on any atom is -0.481 e. The number of alkyl halides is 3. The maximum absolute atomic E-state index is 13.6. The number of carbonyl (C=O) groups is 1. The first-order valence-corrected chi connectivity index (χ1v) is 14.8. The van der Waals surface area contributed by atoms with Crippen LogP contribution >= 0.6 is 60.2 Å². The molecule has 2 fully saturated rings. The Hall–Kier alpha value is -2.06. The van der Waals surface area contributed by atoms with Gasteiger partial charge in [-0.1, -0.05) is 29.0 Å². The number of nitrogens with zero attached hydrogens (tertiary/aromatic N) is 5. The SMILES string of the molecule is C[C@@H]1CCCN1Cc1sc(Nc2cc(N3CCN(CCC(=O)O)CC3)ccn2)nc1-c1ccc(Cl)c(C(F)(F)F)c1.Cl.Cl.Cl. The van der Waals surface area contributed by atoms with Crippen molar-refractivity contribution >= 4 is 82.8 Å². The van der Waals surface area contributed by atoms with Gasteiger partial charge in [-0.15, -0.1) is 37.2 Å². The van der Waals surface area contributed by atoms with Gasteiger partial charge in [0.1, 0.15) is 5.82 Å². The van der Waals surface area contributed by atoms with E-state index < -0.39 is 17.7 Å². The van der Waals surface area contributed by atoms with Crippen molar-refractivity contribution in [1.29, 1.82) is 0 Å². The standard InChI is InChI=1S/C28H32ClF3N6O2S.3ClH/c1-18-3-2-9-38(18)17-23-26(19-4-5-22(29)21(15-19)28(30,31)32)35-27(41-23)34-24-16-20(6-8-33-24)37-13-11-36(12-14-37)10-7-25(39)40;;;/h4-6,8,15-16,18H,2-3,7,9-14,17H2,1H3,(H,39,40)(H,33,34,35);3*1H/t18-;;;/m1.../s1. The van der Waals surface area contributed by atoms with Gasteiger partial charge in [-0.25, -0.2) is 9.97 Å². The van der Waals surface area contributed by atoms with Gasteiger partial charge in [0, 0.05) is 73.7 Å². The molecule has 3 aromatic rings. The monoisotopic (exact) mass is 716 g/mol. The molecule has 1 atom stereocenters. The highest BCUT2D eigenvalue weighted by Crippen LogP contribution is 2.40. The fraction of sp³-hybridized carbons (Fsp3) is 0.464. The summed E-state index contributed by atoms with van der Waals surface area (Å²) in [4.78, 5) is 27.7. The van der Waals surface area contributed by atoms with Gasteiger partial charge in [-0.2, -0.15) is 13.2 Å². The van der Waals surface area contributed by atoms with Gasteiger partial charge in [0.15, 0.2) is 5.13 Å². The van der Waals surface area contributed by atoms with E-state index in [-0.39, 0.29) is 48.7 Å². The third-order valence-corrected chi connectivity index (χ3v) is 8.92. The largest absolute Gasteiger partial charge is 0.481 e. The molecule has 0 spiro atoms. The number of anilines is 3. The Labute approximate surface area is 282 Å². The number of benzene rings is 1. The number of rotatable bonds is 9. The lowest BCUT2D eigenvalue weighted by Gasteiger charge is -2.35. The number of halogens is 7. The third kappa shape index (κ3) is 9.48. The molecule has 5 rings (SSSR count). The molecule has 1 aromatic carbocycles. The maximum Gasteiger partial charge on any atom is 0.417 e. The summed E-state index contributed by atoms with van der Waals surface area (Å²) in [5.41, 5.74) is 0.982. The number of piperazine rings is 1. The lowest BCUT2D eigenvalue weighted by molar-refractivity contribution is -0.138. The fourth-order valence-corrected chi connectivity index (χ4v) is 6.56. The topological polar surface area (TPSA) is 84.8 Å². The third-order valence-electron chi connectivity index (χ3n) is 7.64. The minimum absolute atomic E-state index is 0. The first-order valence-electron chi connectivity index (χ1n) is 13.6. The molecule has 2 aliphatic heterocycles. The van der Waals surface area contributed by atoms with Crippen LogP contribution < -0.4 is 10.2 Å². The number of hydrogen-bond donors (Lipinski definition) is 2. The van der Waals surface area contributed by atoms with Crippen molar-refractivity contribution in [3.63, 3.8) is 0 Å². The van der Waals surface area contributed by atoms with Gasteiger partial charge in [-0.3, -0.25) is 14.6 Å². The number of nitrogens with one attached hydrogen (secondary N) is 1. The number of likely N-dealkylation sites (tertiary alicyclic amines) is 1. The van der Waals surface area contributed by atoms with E-state index in [0.29, 0.717) is 41.3 Å². The number of hydrogen-bond acceptors (Lipinski definition) is 8. The number of pyridine rings is 1. The first-order chi connectivity index (χ1) is 19.6. The molecule has 0 amide bonds. The van der Waals surface area contributed by atoms with Crippen molar-refractivity contribution in [3.05, 3.63) is 52.0 Å². The van der Waals surface area contributed by atoms with Crippen LogP contribution in [0.4, 0.5) is 29.8 Å². The average Bonchev–Trinajstić information content (AvgIpc) is 3.53. The summed E-state index contributed by atoms with van der Waals surface area (Å²) >= 11 is 7.31. The Morgan fingerprint density at radius 2 is 1.84 bits per heavy atom. The van der Waals surface area contributed by atoms with Crippen molar-refractivity contribution in [2.24, 2.45) is 0 Å². The highest BCUT2D eigenvalue weighted by Gasteiger charge is 2.34. The Balaban J connectivity index is 0.00000225. The highest BCUT2D eigenvalue weighted by molar-refractivity contribution is 7.16. The number of aliphatic carboxylic acids is 1. The lowest BCUT2D eigenvalue weighted by atomic mass is 10.1. The second-order valence-corrected chi connectivity index (χ2v) is 11.9. The van der Waals surface area contributed by atoms with Crippen molar-refractivity contribution in [2.45, 2.75) is 44.9 Å². The molecule has 0 unspecified atom stereocenters. The highest BCUT2D eigenvalue weighted by atomic mass is 35.5. The van der Waals surface area contributed by atoms with E-state index in [1.165, 1.54) is 17.4 Å². The van der Waals surface area contributed by atoms with Crippen LogP contribution in [0.2, 0.25) is 5.02 Å². The lowest BCUT2D eigenvalue weighted by Crippen LogP contribution is -2.46. The zero-order valence-electron chi connectivity index (χ0n) is 23.8. The summed E-state index contributed by atoms with van der Waals surface area (Å²) < 4.78 is 40.9. The maximum atomic E-state index is 13.6. The zero-order valence-corrected chi connectivity index (χ0v) is 27.9. The van der Waals surface area contributed by atoms with Crippen LogP contribution in [-0.2, 0) is 17.5 Å². The van der Waals surface area contributed by atoms with E-state index >= 15 is 0 Å². The van der Waals surface area contributed by atoms with Crippen LogP contribution in [0.25, 0.3) is 11.3 Å². The molecule has 2 aliphatic rings. The fourth-order valence-electron chi connectivity index (χ4n) is 5.32. The normalized spacial score (nSPS) is 17.4. The quantitative estimate of drug-likeness (QED) is 0.236. The number of aromatic nitrogens is 2. The van der Waals surface area contributed by atoms with Gasteiger partial charge in [-0.05, 0) is 44.5 Å². The molecule has 0 saturated carbocycles. The Morgan fingerprint density at radius 3 is 2.48 bits per heavy atom. The van der Waals surface area contributed by atoms with Crippen LogP contribution in [0, 0.1) is 0 Å². The van der Waals surface area contributed by atoms with Gasteiger partial charge < -0.3 is 15.3 Å². The molecule has 2 aromatic heterocycles. The first kappa shape index (κ1) is 38.1. The summed E-state index contributed by atoms with van der Waals surface area (Å²) in [6.45, 7) is 7.30. The Morgan fingerprint density at radius 1 is 1.11 bits per heavy atom. The molecule has 4 heterocycles. The Kier molecular flexibility index (Phi) is 14.3. The van der Waals surface area contributed by atoms with Crippen LogP contribution in [0.5, 0.6) is 0 Å². The predicted octanol–water partition coefficient (Wildman–Crippen LogP) is 7.47. The predicted molar refractivity (Wildman–Crippen MR) is 177 cm³/mol.